The third kappa shape index (κ3) is 6.89. The smallest absolute Gasteiger partial charge is 0.191 e. The van der Waals surface area contributed by atoms with Gasteiger partial charge in [-0.2, -0.15) is 0 Å². The van der Waals surface area contributed by atoms with E-state index in [1.165, 1.54) is 0 Å². The molecule has 0 bridgehead atoms. The van der Waals surface area contributed by atoms with Crippen LogP contribution in [0.3, 0.4) is 0 Å². The number of aliphatic imine (C=N–C) groups is 1. The molecule has 0 spiro atoms. The van der Waals surface area contributed by atoms with Crippen LogP contribution in [0.2, 0.25) is 0 Å². The van der Waals surface area contributed by atoms with Gasteiger partial charge in [0.2, 0.25) is 0 Å². The van der Waals surface area contributed by atoms with Crippen molar-refractivity contribution in [3.05, 3.63) is 11.6 Å². The van der Waals surface area contributed by atoms with Crippen molar-refractivity contribution in [2.45, 2.75) is 38.8 Å². The molecule has 1 fully saturated rings. The van der Waals surface area contributed by atoms with Crippen molar-refractivity contribution in [3.63, 3.8) is 0 Å². The highest BCUT2D eigenvalue weighted by molar-refractivity contribution is 14.0. The van der Waals surface area contributed by atoms with Crippen LogP contribution in [0.25, 0.3) is 0 Å². The van der Waals surface area contributed by atoms with Crippen LogP contribution in [0.15, 0.2) is 4.99 Å². The molecule has 24 heavy (non-hydrogen) atoms. The first-order valence-electron chi connectivity index (χ1n) is 8.18. The molecule has 8 nitrogen and oxygen atoms in total. The van der Waals surface area contributed by atoms with Gasteiger partial charge in [-0.1, -0.05) is 0 Å². The number of ether oxygens (including phenoxy) is 2. The Balaban J connectivity index is 0.00000288. The fourth-order valence-electron chi connectivity index (χ4n) is 2.35. The van der Waals surface area contributed by atoms with Gasteiger partial charge < -0.3 is 24.7 Å². The second kappa shape index (κ2) is 11.6. The van der Waals surface area contributed by atoms with E-state index >= 15 is 0 Å². The van der Waals surface area contributed by atoms with Gasteiger partial charge in [0.25, 0.3) is 0 Å². The minimum absolute atomic E-state index is 0. The fraction of sp³-hybridized carbons (Fsp3) is 0.800. The van der Waals surface area contributed by atoms with Crippen molar-refractivity contribution in [3.8, 4) is 0 Å². The Morgan fingerprint density at radius 1 is 1.42 bits per heavy atom. The van der Waals surface area contributed by atoms with E-state index in [0.29, 0.717) is 6.54 Å². The summed E-state index contributed by atoms with van der Waals surface area (Å²) in [5.41, 5.74) is 0. The number of hydrogen-bond acceptors (Lipinski definition) is 5. The van der Waals surface area contributed by atoms with E-state index in [1.807, 2.05) is 18.5 Å². The van der Waals surface area contributed by atoms with Gasteiger partial charge in [0.05, 0.1) is 6.10 Å². The van der Waals surface area contributed by atoms with Crippen LogP contribution in [-0.2, 0) is 23.1 Å². The Morgan fingerprint density at radius 2 is 2.25 bits per heavy atom. The highest BCUT2D eigenvalue weighted by atomic mass is 127. The third-order valence-electron chi connectivity index (χ3n) is 3.90. The van der Waals surface area contributed by atoms with Crippen molar-refractivity contribution < 1.29 is 9.47 Å². The number of methoxy groups -OCH3 is 1. The Morgan fingerprint density at radius 3 is 2.88 bits per heavy atom. The number of guanidine groups is 1. The molecular weight excluding hydrogens is 423 g/mol. The molecule has 1 aromatic heterocycles. The zero-order valence-corrected chi connectivity index (χ0v) is 17.1. The summed E-state index contributed by atoms with van der Waals surface area (Å²) in [6, 6.07) is 0. The SMILES string of the molecule is COCCCNC(=NCc1nnc(C)n1C)NCC1CCCO1.I. The molecule has 1 saturated heterocycles. The maximum Gasteiger partial charge on any atom is 0.191 e. The molecule has 2 rings (SSSR count). The van der Waals surface area contributed by atoms with Gasteiger partial charge in [0, 0.05) is 40.5 Å². The van der Waals surface area contributed by atoms with E-state index in [4.69, 9.17) is 9.47 Å². The van der Waals surface area contributed by atoms with Crippen LogP contribution >= 0.6 is 24.0 Å². The van der Waals surface area contributed by atoms with Gasteiger partial charge in [-0.05, 0) is 26.2 Å². The molecule has 9 heteroatoms. The molecule has 1 aliphatic heterocycles. The van der Waals surface area contributed by atoms with Crippen molar-refractivity contribution in [2.24, 2.45) is 12.0 Å². The summed E-state index contributed by atoms with van der Waals surface area (Å²) < 4.78 is 12.7. The minimum atomic E-state index is 0. The third-order valence-corrected chi connectivity index (χ3v) is 3.90. The molecule has 0 aliphatic carbocycles. The topological polar surface area (TPSA) is 85.6 Å². The van der Waals surface area contributed by atoms with Gasteiger partial charge in [0.1, 0.15) is 12.4 Å². The molecule has 1 unspecified atom stereocenters. The number of aryl methyl sites for hydroxylation is 1. The molecule has 1 aliphatic rings. The molecule has 138 valence electrons. The van der Waals surface area contributed by atoms with Gasteiger partial charge in [0.15, 0.2) is 11.8 Å². The number of aromatic nitrogens is 3. The molecule has 1 aromatic rings. The summed E-state index contributed by atoms with van der Waals surface area (Å²) in [5.74, 6) is 2.51. The second-order valence-corrected chi connectivity index (χ2v) is 5.68. The predicted octanol–water partition coefficient (Wildman–Crippen LogP) is 0.992. The molecule has 2 N–H and O–H groups in total. The van der Waals surface area contributed by atoms with Crippen LogP contribution in [0.5, 0.6) is 0 Å². The minimum Gasteiger partial charge on any atom is -0.385 e. The van der Waals surface area contributed by atoms with Crippen molar-refractivity contribution in [2.75, 3.05) is 33.4 Å². The van der Waals surface area contributed by atoms with Gasteiger partial charge >= 0.3 is 0 Å². The normalized spacial score (nSPS) is 17.6. The van der Waals surface area contributed by atoms with E-state index < -0.39 is 0 Å². The number of nitrogens with one attached hydrogen (secondary N) is 2. The summed E-state index contributed by atoms with van der Waals surface area (Å²) in [7, 11) is 3.66. The lowest BCUT2D eigenvalue weighted by molar-refractivity contribution is 0.113. The largest absolute Gasteiger partial charge is 0.385 e. The maximum absolute atomic E-state index is 5.64. The first-order valence-corrected chi connectivity index (χ1v) is 8.18. The lowest BCUT2D eigenvalue weighted by Crippen LogP contribution is -2.41. The lowest BCUT2D eigenvalue weighted by Gasteiger charge is -2.15. The first kappa shape index (κ1) is 21.1. The molecule has 1 atom stereocenters. The van der Waals surface area contributed by atoms with Crippen molar-refractivity contribution >= 4 is 29.9 Å². The Hall–Kier alpha value is -0.940. The number of halogens is 1. The molecular formula is C15H29IN6O2. The van der Waals surface area contributed by atoms with Gasteiger partial charge in [-0.3, -0.25) is 0 Å². The van der Waals surface area contributed by atoms with Crippen molar-refractivity contribution in [1.82, 2.24) is 25.4 Å². The molecule has 0 radical (unpaired) electrons. The zero-order chi connectivity index (χ0) is 16.5. The Bertz CT molecular complexity index is 502. The quantitative estimate of drug-likeness (QED) is 0.265. The van der Waals surface area contributed by atoms with Crippen LogP contribution < -0.4 is 10.6 Å². The summed E-state index contributed by atoms with van der Waals surface area (Å²) in [6.07, 6.45) is 3.45. The predicted molar refractivity (Wildman–Crippen MR) is 104 cm³/mol. The van der Waals surface area contributed by atoms with E-state index in [1.54, 1.807) is 7.11 Å². The average molecular weight is 452 g/mol. The summed E-state index contributed by atoms with van der Waals surface area (Å²) in [4.78, 5) is 4.60. The zero-order valence-electron chi connectivity index (χ0n) is 14.7. The highest BCUT2D eigenvalue weighted by Crippen LogP contribution is 2.10. The number of hydrogen-bond donors (Lipinski definition) is 2. The number of nitrogens with zero attached hydrogens (tertiary/aromatic N) is 4. The average Bonchev–Trinajstić information content (AvgIpc) is 3.18. The van der Waals surface area contributed by atoms with Gasteiger partial charge in [-0.25, -0.2) is 4.99 Å². The Kier molecular flexibility index (Phi) is 10.2. The molecule has 2 heterocycles. The van der Waals surface area contributed by atoms with E-state index in [-0.39, 0.29) is 30.1 Å². The van der Waals surface area contributed by atoms with E-state index in [0.717, 1.165) is 63.2 Å². The summed E-state index contributed by atoms with van der Waals surface area (Å²) in [6.45, 7) is 5.59. The second-order valence-electron chi connectivity index (χ2n) is 5.68. The first-order chi connectivity index (χ1) is 11.2. The molecule has 0 amide bonds. The monoisotopic (exact) mass is 452 g/mol. The summed E-state index contributed by atoms with van der Waals surface area (Å²) in [5, 5.41) is 14.9. The highest BCUT2D eigenvalue weighted by Gasteiger charge is 2.15. The van der Waals surface area contributed by atoms with Crippen LogP contribution in [-0.4, -0.2) is 60.2 Å². The maximum atomic E-state index is 5.64. The summed E-state index contributed by atoms with van der Waals surface area (Å²) >= 11 is 0. The van der Waals surface area contributed by atoms with Crippen molar-refractivity contribution in [1.29, 1.82) is 0 Å². The van der Waals surface area contributed by atoms with Crippen LogP contribution in [0, 0.1) is 6.92 Å². The van der Waals surface area contributed by atoms with Gasteiger partial charge in [-0.15, -0.1) is 34.2 Å². The Labute approximate surface area is 160 Å². The lowest BCUT2D eigenvalue weighted by atomic mass is 10.2. The van der Waals surface area contributed by atoms with Crippen LogP contribution in [0.1, 0.15) is 30.9 Å². The fourth-order valence-corrected chi connectivity index (χ4v) is 2.35. The molecule has 0 saturated carbocycles. The van der Waals surface area contributed by atoms with Crippen LogP contribution in [0.4, 0.5) is 0 Å². The van der Waals surface area contributed by atoms with E-state index in [2.05, 4.69) is 25.8 Å². The molecule has 0 aromatic carbocycles. The standard InChI is InChI=1S/C15H28N6O2.HI/c1-12-19-20-14(21(12)2)11-18-15(16-7-5-8-22-3)17-10-13-6-4-9-23-13;/h13H,4-11H2,1-3H3,(H2,16,17,18);1H. The number of rotatable bonds is 8. The van der Waals surface area contributed by atoms with E-state index in [9.17, 15) is 0 Å².